The number of aromatic nitrogens is 1. The van der Waals surface area contributed by atoms with Gasteiger partial charge in [-0.2, -0.15) is 0 Å². The van der Waals surface area contributed by atoms with Crippen molar-refractivity contribution in [3.63, 3.8) is 0 Å². The molecule has 1 aliphatic rings. The van der Waals surface area contributed by atoms with Crippen molar-refractivity contribution in [1.29, 1.82) is 5.41 Å². The van der Waals surface area contributed by atoms with Crippen LogP contribution < -0.4 is 4.90 Å². The number of halogens is 1. The van der Waals surface area contributed by atoms with Gasteiger partial charge in [-0.25, -0.2) is 4.98 Å². The number of aliphatic hydroxyl groups excluding tert-OH is 1. The smallest absolute Gasteiger partial charge is 0.139 e. The van der Waals surface area contributed by atoms with Crippen molar-refractivity contribution >= 4 is 44.4 Å². The SMILES string of the molecule is Cc1ccc(-c2csc(C3=C(O)CN(c4ccc(Br)cc4)C3=N)n2)cc1C. The Morgan fingerprint density at radius 3 is 2.56 bits per heavy atom. The Morgan fingerprint density at radius 2 is 1.85 bits per heavy atom. The second-order valence-corrected chi connectivity index (χ2v) is 8.34. The van der Waals surface area contributed by atoms with Gasteiger partial charge in [0.1, 0.15) is 16.6 Å². The Bertz CT molecular complexity index is 1070. The molecule has 0 amide bonds. The average molecular weight is 440 g/mol. The highest BCUT2D eigenvalue weighted by atomic mass is 79.9. The van der Waals surface area contributed by atoms with Gasteiger partial charge < -0.3 is 10.0 Å². The molecule has 0 fully saturated rings. The maximum Gasteiger partial charge on any atom is 0.139 e. The molecule has 1 aromatic heterocycles. The van der Waals surface area contributed by atoms with Gasteiger partial charge in [0.25, 0.3) is 0 Å². The number of anilines is 1. The van der Waals surface area contributed by atoms with Crippen LogP contribution in [0.3, 0.4) is 0 Å². The van der Waals surface area contributed by atoms with Crippen LogP contribution >= 0.6 is 27.3 Å². The van der Waals surface area contributed by atoms with E-state index in [0.29, 0.717) is 10.6 Å². The zero-order valence-corrected chi connectivity index (χ0v) is 17.4. The van der Waals surface area contributed by atoms with Crippen molar-refractivity contribution in [1.82, 2.24) is 4.98 Å². The number of hydrogen-bond donors (Lipinski definition) is 2. The first-order chi connectivity index (χ1) is 12.9. The van der Waals surface area contributed by atoms with Crippen molar-refractivity contribution in [2.24, 2.45) is 0 Å². The van der Waals surface area contributed by atoms with Gasteiger partial charge in [0.05, 0.1) is 17.8 Å². The van der Waals surface area contributed by atoms with E-state index in [-0.39, 0.29) is 18.1 Å². The molecule has 0 bridgehead atoms. The van der Waals surface area contributed by atoms with E-state index < -0.39 is 0 Å². The van der Waals surface area contributed by atoms with Gasteiger partial charge in [0, 0.05) is 21.1 Å². The lowest BCUT2D eigenvalue weighted by molar-refractivity contribution is 0.411. The highest BCUT2D eigenvalue weighted by Crippen LogP contribution is 2.35. The maximum atomic E-state index is 10.5. The van der Waals surface area contributed by atoms with Crippen LogP contribution in [0.25, 0.3) is 16.8 Å². The molecule has 0 radical (unpaired) electrons. The maximum absolute atomic E-state index is 10.5. The van der Waals surface area contributed by atoms with E-state index >= 15 is 0 Å². The summed E-state index contributed by atoms with van der Waals surface area (Å²) in [6, 6.07) is 14.0. The summed E-state index contributed by atoms with van der Waals surface area (Å²) in [4.78, 5) is 6.49. The summed E-state index contributed by atoms with van der Waals surface area (Å²) in [5.74, 6) is 0.458. The monoisotopic (exact) mass is 439 g/mol. The molecular formula is C21H18BrN3OS. The molecule has 6 heteroatoms. The normalized spacial score (nSPS) is 14.3. The van der Waals surface area contributed by atoms with Crippen molar-refractivity contribution in [3.05, 3.63) is 74.2 Å². The Labute approximate surface area is 170 Å². The first-order valence-corrected chi connectivity index (χ1v) is 10.2. The van der Waals surface area contributed by atoms with Gasteiger partial charge in [-0.1, -0.05) is 28.1 Å². The minimum atomic E-state index is 0.184. The van der Waals surface area contributed by atoms with E-state index in [0.717, 1.165) is 21.4 Å². The fourth-order valence-electron chi connectivity index (χ4n) is 3.07. The van der Waals surface area contributed by atoms with E-state index in [1.807, 2.05) is 29.6 Å². The lowest BCUT2D eigenvalue weighted by atomic mass is 10.1. The number of aryl methyl sites for hydroxylation is 2. The van der Waals surface area contributed by atoms with Gasteiger partial charge >= 0.3 is 0 Å². The average Bonchev–Trinajstić information content (AvgIpc) is 3.23. The number of benzene rings is 2. The summed E-state index contributed by atoms with van der Waals surface area (Å²) in [5.41, 5.74) is 5.77. The van der Waals surface area contributed by atoms with Gasteiger partial charge in [-0.05, 0) is 55.3 Å². The molecule has 0 spiro atoms. The minimum absolute atomic E-state index is 0.184. The van der Waals surface area contributed by atoms with Gasteiger partial charge in [0.2, 0.25) is 0 Å². The summed E-state index contributed by atoms with van der Waals surface area (Å²) in [6.07, 6.45) is 0. The first-order valence-electron chi connectivity index (χ1n) is 8.51. The van der Waals surface area contributed by atoms with E-state index in [1.165, 1.54) is 22.5 Å². The summed E-state index contributed by atoms with van der Waals surface area (Å²) >= 11 is 4.88. The molecule has 3 aromatic rings. The van der Waals surface area contributed by atoms with Gasteiger partial charge in [0.15, 0.2) is 0 Å². The molecule has 136 valence electrons. The molecule has 0 saturated heterocycles. The van der Waals surface area contributed by atoms with Crippen molar-refractivity contribution < 1.29 is 5.11 Å². The highest BCUT2D eigenvalue weighted by molar-refractivity contribution is 9.10. The number of hydrogen-bond acceptors (Lipinski definition) is 4. The number of amidine groups is 1. The Balaban J connectivity index is 1.64. The molecule has 27 heavy (non-hydrogen) atoms. The largest absolute Gasteiger partial charge is 0.510 e. The molecule has 0 unspecified atom stereocenters. The zero-order chi connectivity index (χ0) is 19.1. The Morgan fingerprint density at radius 1 is 1.11 bits per heavy atom. The Hall–Kier alpha value is -2.44. The molecule has 2 aromatic carbocycles. The molecule has 2 N–H and O–H groups in total. The minimum Gasteiger partial charge on any atom is -0.510 e. The third kappa shape index (κ3) is 3.31. The first kappa shape index (κ1) is 17.9. The molecule has 0 saturated carbocycles. The number of nitrogens with zero attached hydrogens (tertiary/aromatic N) is 2. The highest BCUT2D eigenvalue weighted by Gasteiger charge is 2.31. The lowest BCUT2D eigenvalue weighted by Crippen LogP contribution is -2.25. The predicted octanol–water partition coefficient (Wildman–Crippen LogP) is 5.96. The fraction of sp³-hybridized carbons (Fsp3) is 0.143. The topological polar surface area (TPSA) is 60.2 Å². The van der Waals surface area contributed by atoms with Gasteiger partial charge in [-0.15, -0.1) is 11.3 Å². The summed E-state index contributed by atoms with van der Waals surface area (Å²) in [7, 11) is 0. The second-order valence-electron chi connectivity index (χ2n) is 6.57. The van der Waals surface area contributed by atoms with Crippen LogP contribution in [0, 0.1) is 19.3 Å². The molecule has 1 aliphatic heterocycles. The number of rotatable bonds is 3. The van der Waals surface area contributed by atoms with Gasteiger partial charge in [-0.3, -0.25) is 5.41 Å². The number of aliphatic hydroxyl groups is 1. The summed E-state index contributed by atoms with van der Waals surface area (Å²) < 4.78 is 0.979. The van der Waals surface area contributed by atoms with Crippen molar-refractivity contribution in [2.75, 3.05) is 11.4 Å². The third-order valence-electron chi connectivity index (χ3n) is 4.76. The van der Waals surface area contributed by atoms with Crippen LogP contribution in [0.4, 0.5) is 5.69 Å². The van der Waals surface area contributed by atoms with E-state index in [1.54, 1.807) is 4.90 Å². The molecule has 0 atom stereocenters. The summed E-state index contributed by atoms with van der Waals surface area (Å²) in [5, 5.41) is 21.7. The molecule has 4 rings (SSSR count). The predicted molar refractivity (Wildman–Crippen MR) is 116 cm³/mol. The van der Waals surface area contributed by atoms with Crippen molar-refractivity contribution in [2.45, 2.75) is 13.8 Å². The molecule has 2 heterocycles. The number of thiazole rings is 1. The lowest BCUT2D eigenvalue weighted by Gasteiger charge is -2.18. The summed E-state index contributed by atoms with van der Waals surface area (Å²) in [6.45, 7) is 4.46. The zero-order valence-electron chi connectivity index (χ0n) is 15.0. The van der Waals surface area contributed by atoms with Crippen LogP contribution in [-0.4, -0.2) is 22.5 Å². The Kier molecular flexibility index (Phi) is 4.61. The second kappa shape index (κ2) is 6.94. The van der Waals surface area contributed by atoms with Crippen LogP contribution in [0.5, 0.6) is 0 Å². The van der Waals surface area contributed by atoms with E-state index in [4.69, 9.17) is 10.4 Å². The number of nitrogens with one attached hydrogen (secondary N) is 1. The standard InChI is InChI=1S/C21H18BrN3OS/c1-12-3-4-14(9-13(12)2)17-11-27-21(24-17)19-18(26)10-25(20(19)23)16-7-5-15(22)6-8-16/h3-9,11,23,26H,10H2,1-2H3. The molecule has 0 aliphatic carbocycles. The van der Waals surface area contributed by atoms with Crippen LogP contribution in [0.15, 0.2) is 58.1 Å². The van der Waals surface area contributed by atoms with Crippen molar-refractivity contribution in [3.8, 4) is 11.3 Å². The van der Waals surface area contributed by atoms with Crippen LogP contribution in [0.1, 0.15) is 16.1 Å². The molecule has 4 nitrogen and oxygen atoms in total. The quantitative estimate of drug-likeness (QED) is 0.529. The van der Waals surface area contributed by atoms with E-state index in [9.17, 15) is 5.11 Å². The van der Waals surface area contributed by atoms with E-state index in [2.05, 4.69) is 48.0 Å². The third-order valence-corrected chi connectivity index (χ3v) is 6.15. The van der Waals surface area contributed by atoms with Crippen LogP contribution in [-0.2, 0) is 0 Å². The molecular weight excluding hydrogens is 422 g/mol. The fourth-order valence-corrected chi connectivity index (χ4v) is 4.23. The van der Waals surface area contributed by atoms with Crippen LogP contribution in [0.2, 0.25) is 0 Å².